The Morgan fingerprint density at radius 1 is 1.22 bits per heavy atom. The molecule has 0 bridgehead atoms. The number of hydrogen-bond acceptors (Lipinski definition) is 4. The van der Waals surface area contributed by atoms with Gasteiger partial charge in [0.15, 0.2) is 0 Å². The lowest BCUT2D eigenvalue weighted by Gasteiger charge is -2.18. The predicted molar refractivity (Wildman–Crippen MR) is 77.4 cm³/mol. The molecule has 0 saturated carbocycles. The van der Waals surface area contributed by atoms with Gasteiger partial charge in [0.1, 0.15) is 5.82 Å². The summed E-state index contributed by atoms with van der Waals surface area (Å²) in [5, 5.41) is 2.60. The van der Waals surface area contributed by atoms with E-state index in [0.717, 1.165) is 12.3 Å². The molecule has 1 aromatic heterocycles. The van der Waals surface area contributed by atoms with Crippen LogP contribution in [0.3, 0.4) is 0 Å². The number of hydrogen-bond donors (Lipinski definition) is 1. The monoisotopic (exact) mass is 320 g/mol. The predicted octanol–water partition coefficient (Wildman–Crippen LogP) is 2.39. The van der Waals surface area contributed by atoms with Gasteiger partial charge in [-0.1, -0.05) is 12.1 Å². The van der Waals surface area contributed by atoms with Crippen molar-refractivity contribution in [3.8, 4) is 0 Å². The quantitative estimate of drug-likeness (QED) is 0.678. The van der Waals surface area contributed by atoms with Crippen LogP contribution in [-0.4, -0.2) is 24.0 Å². The number of nitrogens with zero attached hydrogens (tertiary/aromatic N) is 1. The highest BCUT2D eigenvalue weighted by Crippen LogP contribution is 2.19. The normalized spacial score (nSPS) is 11.6. The van der Waals surface area contributed by atoms with Crippen molar-refractivity contribution in [2.75, 3.05) is 7.11 Å². The van der Waals surface area contributed by atoms with Crippen molar-refractivity contribution in [1.29, 1.82) is 0 Å². The fraction of sp³-hybridized carbons (Fsp3) is 0.188. The molecule has 5 nitrogen and oxygen atoms in total. The Kier molecular flexibility index (Phi) is 5.35. The van der Waals surface area contributed by atoms with Gasteiger partial charge in [0, 0.05) is 17.8 Å². The largest absolute Gasteiger partial charge is 0.469 e. The second kappa shape index (κ2) is 7.44. The first kappa shape index (κ1) is 16.5. The molecule has 0 spiro atoms. The van der Waals surface area contributed by atoms with Crippen molar-refractivity contribution >= 4 is 11.9 Å². The third kappa shape index (κ3) is 4.57. The number of pyridine rings is 1. The lowest BCUT2D eigenvalue weighted by molar-refractivity contribution is -0.141. The number of carbonyl (C=O) groups is 2. The van der Waals surface area contributed by atoms with Gasteiger partial charge in [-0.15, -0.1) is 0 Å². The van der Waals surface area contributed by atoms with Crippen LogP contribution in [0.5, 0.6) is 0 Å². The minimum Gasteiger partial charge on any atom is -0.469 e. The lowest BCUT2D eigenvalue weighted by atomic mass is 10.0. The zero-order valence-electron chi connectivity index (χ0n) is 12.3. The zero-order chi connectivity index (χ0) is 16.8. The van der Waals surface area contributed by atoms with Crippen molar-refractivity contribution in [2.24, 2.45) is 0 Å². The third-order valence-corrected chi connectivity index (χ3v) is 3.16. The number of carbonyl (C=O) groups excluding carboxylic acids is 2. The van der Waals surface area contributed by atoms with Gasteiger partial charge >= 0.3 is 5.97 Å². The SMILES string of the molecule is COC(=O)C[C@@H](NC(=O)c1ccnc(F)c1)c1ccc(F)cc1. The molecule has 23 heavy (non-hydrogen) atoms. The summed E-state index contributed by atoms with van der Waals surface area (Å²) >= 11 is 0. The summed E-state index contributed by atoms with van der Waals surface area (Å²) in [5.74, 6) is -2.35. The van der Waals surface area contributed by atoms with Crippen molar-refractivity contribution in [3.63, 3.8) is 0 Å². The zero-order valence-corrected chi connectivity index (χ0v) is 12.3. The topological polar surface area (TPSA) is 68.3 Å². The average Bonchev–Trinajstić information content (AvgIpc) is 2.54. The maximum Gasteiger partial charge on any atom is 0.307 e. The van der Waals surface area contributed by atoms with E-state index in [0.29, 0.717) is 5.56 Å². The van der Waals surface area contributed by atoms with E-state index >= 15 is 0 Å². The Labute approximate surface area is 131 Å². The van der Waals surface area contributed by atoms with E-state index in [4.69, 9.17) is 0 Å². The lowest BCUT2D eigenvalue weighted by Crippen LogP contribution is -2.30. The summed E-state index contributed by atoms with van der Waals surface area (Å²) in [6, 6.07) is 6.95. The van der Waals surface area contributed by atoms with E-state index < -0.39 is 29.7 Å². The molecule has 0 aliphatic carbocycles. The summed E-state index contributed by atoms with van der Waals surface area (Å²) in [4.78, 5) is 27.1. The Bertz CT molecular complexity index is 705. The molecule has 2 rings (SSSR count). The minimum atomic E-state index is -0.788. The third-order valence-electron chi connectivity index (χ3n) is 3.16. The smallest absolute Gasteiger partial charge is 0.307 e. The number of rotatable bonds is 5. The second-order valence-electron chi connectivity index (χ2n) is 4.73. The molecule has 7 heteroatoms. The molecule has 1 amide bonds. The first-order chi connectivity index (χ1) is 11.0. The van der Waals surface area contributed by atoms with Crippen LogP contribution in [0.4, 0.5) is 8.78 Å². The van der Waals surface area contributed by atoms with Gasteiger partial charge in [0.05, 0.1) is 19.6 Å². The van der Waals surface area contributed by atoms with Crippen molar-refractivity contribution in [1.82, 2.24) is 10.3 Å². The molecule has 1 aromatic carbocycles. The number of nitrogens with one attached hydrogen (secondary N) is 1. The van der Waals surface area contributed by atoms with Crippen LogP contribution >= 0.6 is 0 Å². The van der Waals surface area contributed by atoms with Crippen LogP contribution < -0.4 is 5.32 Å². The summed E-state index contributed by atoms with van der Waals surface area (Å²) in [6.07, 6.45) is 1.03. The van der Waals surface area contributed by atoms with E-state index in [1.165, 1.54) is 37.4 Å². The molecule has 0 aliphatic rings. The van der Waals surface area contributed by atoms with E-state index in [1.807, 2.05) is 0 Å². The molecular weight excluding hydrogens is 306 g/mol. The van der Waals surface area contributed by atoms with Gasteiger partial charge in [-0.05, 0) is 23.8 Å². The minimum absolute atomic E-state index is 0.0643. The highest BCUT2D eigenvalue weighted by molar-refractivity contribution is 5.94. The van der Waals surface area contributed by atoms with Gasteiger partial charge < -0.3 is 10.1 Å². The maximum absolute atomic E-state index is 13.1. The van der Waals surface area contributed by atoms with E-state index in [9.17, 15) is 18.4 Å². The van der Waals surface area contributed by atoms with Gasteiger partial charge in [0.2, 0.25) is 5.95 Å². The molecule has 0 saturated heterocycles. The molecular formula is C16H14F2N2O3. The second-order valence-corrected chi connectivity index (χ2v) is 4.73. The Morgan fingerprint density at radius 2 is 1.91 bits per heavy atom. The highest BCUT2D eigenvalue weighted by atomic mass is 19.1. The average molecular weight is 320 g/mol. The van der Waals surface area contributed by atoms with Crippen LogP contribution in [0, 0.1) is 11.8 Å². The first-order valence-electron chi connectivity index (χ1n) is 6.74. The first-order valence-corrected chi connectivity index (χ1v) is 6.74. The summed E-state index contributed by atoms with van der Waals surface area (Å²) in [5.41, 5.74) is 0.592. The molecule has 1 atom stereocenters. The molecule has 0 aliphatic heterocycles. The van der Waals surface area contributed by atoms with Gasteiger partial charge in [-0.25, -0.2) is 9.37 Å². The van der Waals surface area contributed by atoms with Gasteiger partial charge in [0.25, 0.3) is 5.91 Å². The molecule has 1 N–H and O–H groups in total. The Balaban J connectivity index is 2.21. The fourth-order valence-electron chi connectivity index (χ4n) is 1.98. The standard InChI is InChI=1S/C16H14F2N2O3/c1-23-15(21)9-13(10-2-4-12(17)5-3-10)20-16(22)11-6-7-19-14(18)8-11/h2-8,13H,9H2,1H3,(H,20,22)/t13-/m1/s1. The summed E-state index contributed by atoms with van der Waals surface area (Å²) in [7, 11) is 1.23. The molecule has 2 aromatic rings. The number of benzene rings is 1. The highest BCUT2D eigenvalue weighted by Gasteiger charge is 2.20. The molecule has 1 heterocycles. The van der Waals surface area contributed by atoms with E-state index in [1.54, 1.807) is 0 Å². The van der Waals surface area contributed by atoms with Crippen molar-refractivity contribution < 1.29 is 23.1 Å². The molecule has 0 unspecified atom stereocenters. The maximum atomic E-state index is 13.1. The van der Waals surface area contributed by atoms with Crippen molar-refractivity contribution in [2.45, 2.75) is 12.5 Å². The van der Waals surface area contributed by atoms with Crippen LogP contribution in [0.15, 0.2) is 42.6 Å². The number of ether oxygens (including phenoxy) is 1. The molecule has 0 fully saturated rings. The van der Waals surface area contributed by atoms with Crippen LogP contribution in [0.1, 0.15) is 28.4 Å². The Morgan fingerprint density at radius 3 is 2.52 bits per heavy atom. The number of aromatic nitrogens is 1. The summed E-state index contributed by atoms with van der Waals surface area (Å²) < 4.78 is 30.7. The summed E-state index contributed by atoms with van der Waals surface area (Å²) in [6.45, 7) is 0. The van der Waals surface area contributed by atoms with Gasteiger partial charge in [-0.3, -0.25) is 9.59 Å². The molecule has 0 radical (unpaired) electrons. The van der Waals surface area contributed by atoms with Crippen LogP contribution in [0.25, 0.3) is 0 Å². The van der Waals surface area contributed by atoms with Crippen LogP contribution in [0.2, 0.25) is 0 Å². The Hall–Kier alpha value is -2.83. The van der Waals surface area contributed by atoms with E-state index in [2.05, 4.69) is 15.0 Å². The van der Waals surface area contributed by atoms with E-state index in [-0.39, 0.29) is 12.0 Å². The fourth-order valence-corrected chi connectivity index (χ4v) is 1.98. The number of halogens is 2. The molecule has 120 valence electrons. The number of amides is 1. The number of methoxy groups -OCH3 is 1. The van der Waals surface area contributed by atoms with Crippen LogP contribution in [-0.2, 0) is 9.53 Å². The van der Waals surface area contributed by atoms with Gasteiger partial charge in [-0.2, -0.15) is 4.39 Å². The van der Waals surface area contributed by atoms with Crippen molar-refractivity contribution in [3.05, 3.63) is 65.5 Å². The number of esters is 1.